The van der Waals surface area contributed by atoms with Gasteiger partial charge in [-0.25, -0.2) is 12.7 Å². The first-order valence-electron chi connectivity index (χ1n) is 9.24. The van der Waals surface area contributed by atoms with Crippen molar-refractivity contribution in [3.05, 3.63) is 29.8 Å². The van der Waals surface area contributed by atoms with E-state index in [1.807, 2.05) is 32.0 Å². The second-order valence-corrected chi connectivity index (χ2v) is 9.15. The van der Waals surface area contributed by atoms with Gasteiger partial charge in [0.05, 0.1) is 18.3 Å². The molecule has 7 heteroatoms. The van der Waals surface area contributed by atoms with Crippen LogP contribution in [-0.4, -0.2) is 50.6 Å². The average molecular weight is 383 g/mol. The third kappa shape index (κ3) is 6.61. The van der Waals surface area contributed by atoms with Gasteiger partial charge in [0.25, 0.3) is 0 Å². The average Bonchev–Trinajstić information content (AvgIpc) is 2.57. The first kappa shape index (κ1) is 20.7. The van der Waals surface area contributed by atoms with E-state index in [1.54, 1.807) is 0 Å². The Bertz CT molecular complexity index is 703. The van der Waals surface area contributed by atoms with Gasteiger partial charge < -0.3 is 10.1 Å². The quantitative estimate of drug-likeness (QED) is 0.700. The van der Waals surface area contributed by atoms with Gasteiger partial charge in [0.15, 0.2) is 0 Å². The largest absolute Gasteiger partial charge is 0.491 e. The molecule has 0 aliphatic carbocycles. The molecule has 1 aromatic carbocycles. The van der Waals surface area contributed by atoms with E-state index in [9.17, 15) is 13.2 Å². The highest BCUT2D eigenvalue weighted by Crippen LogP contribution is 2.19. The molecule has 1 N–H and O–H groups in total. The lowest BCUT2D eigenvalue weighted by Gasteiger charge is -2.30. The number of aryl methyl sites for hydroxylation is 1. The number of hydrogen-bond acceptors (Lipinski definition) is 4. The Balaban J connectivity index is 1.75. The molecule has 1 aliphatic heterocycles. The van der Waals surface area contributed by atoms with Crippen molar-refractivity contribution in [3.63, 3.8) is 0 Å². The molecule has 26 heavy (non-hydrogen) atoms. The summed E-state index contributed by atoms with van der Waals surface area (Å²) in [6.45, 7) is 5.39. The van der Waals surface area contributed by atoms with Crippen LogP contribution < -0.4 is 10.1 Å². The summed E-state index contributed by atoms with van der Waals surface area (Å²) in [5, 5.41) is 2.95. The van der Waals surface area contributed by atoms with E-state index in [-0.39, 0.29) is 17.9 Å². The van der Waals surface area contributed by atoms with Gasteiger partial charge in [-0.2, -0.15) is 0 Å². The number of rotatable bonds is 8. The molecule has 146 valence electrons. The molecule has 1 aliphatic rings. The zero-order valence-electron chi connectivity index (χ0n) is 15.9. The van der Waals surface area contributed by atoms with Crippen LogP contribution in [0.2, 0.25) is 0 Å². The van der Waals surface area contributed by atoms with Gasteiger partial charge in [-0.05, 0) is 57.2 Å². The van der Waals surface area contributed by atoms with Crippen molar-refractivity contribution in [2.45, 2.75) is 45.6 Å². The number of amides is 1. The maximum atomic E-state index is 12.3. The lowest BCUT2D eigenvalue weighted by molar-refractivity contribution is -0.126. The van der Waals surface area contributed by atoms with Crippen LogP contribution in [0.3, 0.4) is 0 Å². The van der Waals surface area contributed by atoms with Gasteiger partial charge in [-0.3, -0.25) is 4.79 Å². The molecular formula is C19H30N2O4S. The fourth-order valence-corrected chi connectivity index (χ4v) is 4.06. The highest BCUT2D eigenvalue weighted by Gasteiger charge is 2.29. The smallest absolute Gasteiger partial charge is 0.224 e. The Labute approximate surface area is 157 Å². The van der Waals surface area contributed by atoms with Crippen molar-refractivity contribution in [2.75, 3.05) is 25.9 Å². The Kier molecular flexibility index (Phi) is 7.46. The van der Waals surface area contributed by atoms with Gasteiger partial charge in [0, 0.05) is 19.6 Å². The van der Waals surface area contributed by atoms with Crippen LogP contribution in [0.4, 0.5) is 0 Å². The summed E-state index contributed by atoms with van der Waals surface area (Å²) in [6.07, 6.45) is 4.51. The van der Waals surface area contributed by atoms with Crippen molar-refractivity contribution >= 4 is 15.9 Å². The number of carbonyl (C=O) groups is 1. The predicted octanol–water partition coefficient (Wildman–Crippen LogP) is 2.19. The summed E-state index contributed by atoms with van der Waals surface area (Å²) >= 11 is 0. The highest BCUT2D eigenvalue weighted by atomic mass is 32.2. The summed E-state index contributed by atoms with van der Waals surface area (Å²) in [6, 6.07) is 8.02. The SMILES string of the molecule is CC(C)Oc1cccc(CCCNC(=O)[C@H]2CCCN(S(C)(=O)=O)C2)c1. The lowest BCUT2D eigenvalue weighted by Crippen LogP contribution is -2.45. The van der Waals surface area contributed by atoms with E-state index in [1.165, 1.54) is 16.1 Å². The monoisotopic (exact) mass is 382 g/mol. The van der Waals surface area contributed by atoms with Crippen molar-refractivity contribution in [3.8, 4) is 5.75 Å². The number of hydrogen-bond donors (Lipinski definition) is 1. The number of sulfonamides is 1. The molecule has 1 atom stereocenters. The standard InChI is InChI=1S/C19H30N2O4S/c1-15(2)25-18-10-4-7-16(13-18)8-5-11-20-19(22)17-9-6-12-21(14-17)26(3,23)24/h4,7,10,13,15,17H,5-6,8-9,11-12,14H2,1-3H3,(H,20,22)/t17-/m0/s1. The minimum Gasteiger partial charge on any atom is -0.491 e. The number of benzene rings is 1. The van der Waals surface area contributed by atoms with E-state index in [0.717, 1.165) is 31.4 Å². The van der Waals surface area contributed by atoms with Crippen LogP contribution in [0.5, 0.6) is 5.75 Å². The molecule has 0 unspecified atom stereocenters. The van der Waals surface area contributed by atoms with Crippen molar-refractivity contribution in [1.29, 1.82) is 0 Å². The molecule has 6 nitrogen and oxygen atoms in total. The lowest BCUT2D eigenvalue weighted by atomic mass is 9.99. The number of ether oxygens (including phenoxy) is 1. The molecule has 0 saturated carbocycles. The van der Waals surface area contributed by atoms with Gasteiger partial charge in [-0.15, -0.1) is 0 Å². The normalized spacial score (nSPS) is 18.7. The maximum absolute atomic E-state index is 12.3. The van der Waals surface area contributed by atoms with Crippen LogP contribution in [0.1, 0.15) is 38.7 Å². The topological polar surface area (TPSA) is 75.7 Å². The van der Waals surface area contributed by atoms with Gasteiger partial charge in [-0.1, -0.05) is 12.1 Å². The fraction of sp³-hybridized carbons (Fsp3) is 0.632. The number of carbonyl (C=O) groups excluding carboxylic acids is 1. The molecule has 1 amide bonds. The van der Waals surface area contributed by atoms with Crippen LogP contribution >= 0.6 is 0 Å². The summed E-state index contributed by atoms with van der Waals surface area (Å²) in [5.74, 6) is 0.570. The maximum Gasteiger partial charge on any atom is 0.224 e. The van der Waals surface area contributed by atoms with Gasteiger partial charge in [0.2, 0.25) is 15.9 Å². The molecule has 0 bridgehead atoms. The Hall–Kier alpha value is -1.60. The summed E-state index contributed by atoms with van der Waals surface area (Å²) in [4.78, 5) is 12.3. The predicted molar refractivity (Wildman–Crippen MR) is 103 cm³/mol. The number of piperidine rings is 1. The fourth-order valence-electron chi connectivity index (χ4n) is 3.15. The van der Waals surface area contributed by atoms with E-state index in [2.05, 4.69) is 11.4 Å². The van der Waals surface area contributed by atoms with Crippen LogP contribution in [-0.2, 0) is 21.2 Å². The molecule has 0 spiro atoms. The number of nitrogens with zero attached hydrogens (tertiary/aromatic N) is 1. The number of nitrogens with one attached hydrogen (secondary N) is 1. The molecule has 1 fully saturated rings. The minimum absolute atomic E-state index is 0.0461. The molecule has 1 saturated heterocycles. The van der Waals surface area contributed by atoms with Crippen molar-refractivity contribution in [2.24, 2.45) is 5.92 Å². The van der Waals surface area contributed by atoms with Crippen LogP contribution in [0, 0.1) is 5.92 Å². The minimum atomic E-state index is -3.22. The second-order valence-electron chi connectivity index (χ2n) is 7.17. The van der Waals surface area contributed by atoms with Crippen molar-refractivity contribution in [1.82, 2.24) is 9.62 Å². The zero-order chi connectivity index (χ0) is 19.2. The van der Waals surface area contributed by atoms with E-state index >= 15 is 0 Å². The third-order valence-corrected chi connectivity index (χ3v) is 5.71. The van der Waals surface area contributed by atoms with Crippen molar-refractivity contribution < 1.29 is 17.9 Å². The summed E-state index contributed by atoms with van der Waals surface area (Å²) in [5.41, 5.74) is 1.18. The van der Waals surface area contributed by atoms with Crippen LogP contribution in [0.25, 0.3) is 0 Å². The van der Waals surface area contributed by atoms with Gasteiger partial charge >= 0.3 is 0 Å². The first-order valence-corrected chi connectivity index (χ1v) is 11.1. The molecule has 1 heterocycles. The highest BCUT2D eigenvalue weighted by molar-refractivity contribution is 7.88. The second kappa shape index (κ2) is 9.37. The molecular weight excluding hydrogens is 352 g/mol. The molecule has 0 radical (unpaired) electrons. The molecule has 2 rings (SSSR count). The van der Waals surface area contributed by atoms with Crippen LogP contribution in [0.15, 0.2) is 24.3 Å². The Morgan fingerprint density at radius 3 is 2.85 bits per heavy atom. The van der Waals surface area contributed by atoms with E-state index in [4.69, 9.17) is 4.74 Å². The first-order chi connectivity index (χ1) is 12.3. The van der Waals surface area contributed by atoms with Gasteiger partial charge in [0.1, 0.15) is 5.75 Å². The zero-order valence-corrected chi connectivity index (χ0v) is 16.7. The Morgan fingerprint density at radius 1 is 1.38 bits per heavy atom. The third-order valence-electron chi connectivity index (χ3n) is 4.44. The molecule has 0 aromatic heterocycles. The van der Waals surface area contributed by atoms with E-state index < -0.39 is 10.0 Å². The van der Waals surface area contributed by atoms with E-state index in [0.29, 0.717) is 19.6 Å². The summed E-state index contributed by atoms with van der Waals surface area (Å²) in [7, 11) is -3.22. The summed E-state index contributed by atoms with van der Waals surface area (Å²) < 4.78 is 30.4. The Morgan fingerprint density at radius 2 is 2.15 bits per heavy atom. The molecule has 1 aromatic rings.